The summed E-state index contributed by atoms with van der Waals surface area (Å²) in [6.45, 7) is 12.9. The summed E-state index contributed by atoms with van der Waals surface area (Å²) in [6, 6.07) is 0.395. The number of esters is 1. The first-order valence-electron chi connectivity index (χ1n) is 8.79. The lowest BCUT2D eigenvalue weighted by Crippen LogP contribution is -2.62. The molecule has 24 heavy (non-hydrogen) atoms. The highest BCUT2D eigenvalue weighted by molar-refractivity contribution is 5.84. The molecule has 0 spiro atoms. The van der Waals surface area contributed by atoms with E-state index in [1.807, 2.05) is 6.92 Å². The van der Waals surface area contributed by atoms with Gasteiger partial charge < -0.3 is 14.0 Å². The van der Waals surface area contributed by atoms with E-state index in [4.69, 9.17) is 14.0 Å². The van der Waals surface area contributed by atoms with E-state index >= 15 is 0 Å². The van der Waals surface area contributed by atoms with E-state index in [1.54, 1.807) is 6.92 Å². The zero-order chi connectivity index (χ0) is 17.7. The van der Waals surface area contributed by atoms with Crippen LogP contribution in [-0.4, -0.2) is 52.9 Å². The highest BCUT2D eigenvalue weighted by Gasteiger charge is 2.51. The number of hydrogen-bond donors (Lipinski definition) is 0. The topological polar surface area (TPSA) is 77.7 Å². The van der Waals surface area contributed by atoms with Crippen LogP contribution >= 0.6 is 0 Å². The molecule has 0 radical (unpaired) electrons. The second-order valence-corrected chi connectivity index (χ2v) is 6.72. The van der Waals surface area contributed by atoms with Gasteiger partial charge in [-0.15, -0.1) is 0 Å². The SMILES string of the molecule is CCCN(Cc1nc(C(=O)OCC)no1)C1CC(OCC)C1(C)C. The fourth-order valence-electron chi connectivity index (χ4n) is 3.37. The Morgan fingerprint density at radius 1 is 1.33 bits per heavy atom. The van der Waals surface area contributed by atoms with E-state index in [0.29, 0.717) is 25.1 Å². The Kier molecular flexibility index (Phi) is 6.34. The van der Waals surface area contributed by atoms with Gasteiger partial charge in [0.2, 0.25) is 5.89 Å². The zero-order valence-corrected chi connectivity index (χ0v) is 15.4. The van der Waals surface area contributed by atoms with Crippen LogP contribution in [0.1, 0.15) is 64.0 Å². The molecule has 1 aromatic heterocycles. The van der Waals surface area contributed by atoms with Crippen LogP contribution in [0.15, 0.2) is 4.52 Å². The highest BCUT2D eigenvalue weighted by Crippen LogP contribution is 2.46. The summed E-state index contributed by atoms with van der Waals surface area (Å²) in [5, 5.41) is 3.72. The summed E-state index contributed by atoms with van der Waals surface area (Å²) in [5.41, 5.74) is 0.0785. The monoisotopic (exact) mass is 339 g/mol. The molecule has 7 nitrogen and oxygen atoms in total. The molecule has 1 heterocycles. The number of rotatable bonds is 9. The number of aromatic nitrogens is 2. The minimum atomic E-state index is -0.546. The number of ether oxygens (including phenoxy) is 2. The van der Waals surface area contributed by atoms with Crippen molar-refractivity contribution in [2.24, 2.45) is 5.41 Å². The van der Waals surface area contributed by atoms with E-state index < -0.39 is 5.97 Å². The van der Waals surface area contributed by atoms with E-state index in [9.17, 15) is 4.79 Å². The molecule has 1 saturated carbocycles. The van der Waals surface area contributed by atoms with Crippen molar-refractivity contribution in [2.45, 2.75) is 66.2 Å². The van der Waals surface area contributed by atoms with Gasteiger partial charge in [-0.2, -0.15) is 4.98 Å². The molecule has 0 saturated heterocycles. The van der Waals surface area contributed by atoms with Crippen LogP contribution in [0.4, 0.5) is 0 Å². The molecular weight excluding hydrogens is 310 g/mol. The molecule has 2 atom stereocenters. The van der Waals surface area contributed by atoms with Crippen molar-refractivity contribution >= 4 is 5.97 Å². The van der Waals surface area contributed by atoms with Crippen molar-refractivity contribution in [3.05, 3.63) is 11.7 Å². The lowest BCUT2D eigenvalue weighted by atomic mass is 9.63. The fourth-order valence-corrected chi connectivity index (χ4v) is 3.37. The molecule has 1 fully saturated rings. The Labute approximate surface area is 143 Å². The maximum absolute atomic E-state index is 11.7. The van der Waals surface area contributed by atoms with Crippen LogP contribution in [0.5, 0.6) is 0 Å². The summed E-state index contributed by atoms with van der Waals surface area (Å²) >= 11 is 0. The Balaban J connectivity index is 2.03. The van der Waals surface area contributed by atoms with E-state index in [-0.39, 0.29) is 17.3 Å². The quantitative estimate of drug-likeness (QED) is 0.640. The fraction of sp³-hybridized carbons (Fsp3) is 0.824. The van der Waals surface area contributed by atoms with Gasteiger partial charge in [0, 0.05) is 18.1 Å². The molecule has 2 rings (SSSR count). The first kappa shape index (κ1) is 18.9. The smallest absolute Gasteiger partial charge is 0.379 e. The third-order valence-electron chi connectivity index (χ3n) is 4.71. The van der Waals surface area contributed by atoms with Gasteiger partial charge in [-0.3, -0.25) is 4.90 Å². The van der Waals surface area contributed by atoms with Gasteiger partial charge in [0.1, 0.15) is 0 Å². The van der Waals surface area contributed by atoms with Crippen molar-refractivity contribution in [2.75, 3.05) is 19.8 Å². The van der Waals surface area contributed by atoms with Gasteiger partial charge in [-0.05, 0) is 38.4 Å². The van der Waals surface area contributed by atoms with Crippen LogP contribution in [0.25, 0.3) is 0 Å². The summed E-state index contributed by atoms with van der Waals surface area (Å²) < 4.78 is 16.0. The van der Waals surface area contributed by atoms with Crippen LogP contribution in [0.2, 0.25) is 0 Å². The average molecular weight is 339 g/mol. The van der Waals surface area contributed by atoms with E-state index in [1.165, 1.54) is 0 Å². The van der Waals surface area contributed by atoms with Crippen molar-refractivity contribution in [1.29, 1.82) is 0 Å². The average Bonchev–Trinajstić information content (AvgIpc) is 3.00. The summed E-state index contributed by atoms with van der Waals surface area (Å²) in [7, 11) is 0. The largest absolute Gasteiger partial charge is 0.460 e. The van der Waals surface area contributed by atoms with Crippen molar-refractivity contribution in [3.63, 3.8) is 0 Å². The lowest BCUT2D eigenvalue weighted by Gasteiger charge is -2.55. The van der Waals surface area contributed by atoms with E-state index in [0.717, 1.165) is 26.0 Å². The molecule has 7 heteroatoms. The van der Waals surface area contributed by atoms with Gasteiger partial charge in [0.05, 0.1) is 19.3 Å². The Morgan fingerprint density at radius 2 is 2.08 bits per heavy atom. The third kappa shape index (κ3) is 3.95. The van der Waals surface area contributed by atoms with Crippen molar-refractivity contribution in [1.82, 2.24) is 15.0 Å². The predicted molar refractivity (Wildman–Crippen MR) is 88.6 cm³/mol. The van der Waals surface area contributed by atoms with Gasteiger partial charge in [-0.1, -0.05) is 20.8 Å². The lowest BCUT2D eigenvalue weighted by molar-refractivity contribution is -0.153. The van der Waals surface area contributed by atoms with Crippen LogP contribution in [0.3, 0.4) is 0 Å². The molecular formula is C17H29N3O4. The Hall–Kier alpha value is -1.47. The molecule has 1 aromatic rings. The van der Waals surface area contributed by atoms with Gasteiger partial charge in [0.15, 0.2) is 0 Å². The summed E-state index contributed by atoms with van der Waals surface area (Å²) in [5.74, 6) is -0.111. The normalized spacial score (nSPS) is 22.4. The third-order valence-corrected chi connectivity index (χ3v) is 4.71. The molecule has 1 aliphatic rings. The maximum atomic E-state index is 11.7. The van der Waals surface area contributed by atoms with Gasteiger partial charge in [0.25, 0.3) is 5.82 Å². The predicted octanol–water partition coefficient (Wildman–Crippen LogP) is 2.66. The molecule has 0 N–H and O–H groups in total. The Bertz CT molecular complexity index is 544. The maximum Gasteiger partial charge on any atom is 0.379 e. The summed E-state index contributed by atoms with van der Waals surface area (Å²) in [6.07, 6.45) is 2.31. The van der Waals surface area contributed by atoms with Crippen molar-refractivity contribution in [3.8, 4) is 0 Å². The molecule has 0 aliphatic heterocycles. The minimum Gasteiger partial charge on any atom is -0.460 e. The number of hydrogen-bond acceptors (Lipinski definition) is 7. The van der Waals surface area contributed by atoms with E-state index in [2.05, 4.69) is 35.8 Å². The Morgan fingerprint density at radius 3 is 2.67 bits per heavy atom. The second-order valence-electron chi connectivity index (χ2n) is 6.72. The molecule has 136 valence electrons. The van der Waals surface area contributed by atoms with Crippen LogP contribution in [-0.2, 0) is 16.0 Å². The number of carbonyl (C=O) groups is 1. The van der Waals surface area contributed by atoms with Crippen molar-refractivity contribution < 1.29 is 18.8 Å². The zero-order valence-electron chi connectivity index (χ0n) is 15.4. The first-order chi connectivity index (χ1) is 11.4. The van der Waals surface area contributed by atoms with Crippen LogP contribution in [0, 0.1) is 5.41 Å². The van der Waals surface area contributed by atoms with Gasteiger partial charge >= 0.3 is 5.97 Å². The highest BCUT2D eigenvalue weighted by atomic mass is 16.5. The number of nitrogens with zero attached hydrogens (tertiary/aromatic N) is 3. The molecule has 1 aliphatic carbocycles. The summed E-state index contributed by atoms with van der Waals surface area (Å²) in [4.78, 5) is 18.2. The first-order valence-corrected chi connectivity index (χ1v) is 8.79. The van der Waals surface area contributed by atoms with Gasteiger partial charge in [-0.25, -0.2) is 4.79 Å². The minimum absolute atomic E-state index is 0.0108. The molecule has 0 aromatic carbocycles. The molecule has 2 unspecified atom stereocenters. The standard InChI is InChI=1S/C17H29N3O4/c1-6-9-20(12-10-13(22-7-2)17(12,4)5)11-14-18-15(19-24-14)16(21)23-8-3/h12-13H,6-11H2,1-5H3. The number of carbonyl (C=O) groups excluding carboxylic acids is 1. The van der Waals surface area contributed by atoms with Crippen LogP contribution < -0.4 is 0 Å². The second kappa shape index (κ2) is 8.07. The molecule has 0 amide bonds. The molecule has 0 bridgehead atoms.